The largest absolute Gasteiger partial charge is 0.398 e. The van der Waals surface area contributed by atoms with Gasteiger partial charge in [-0.15, -0.1) is 0 Å². The Kier molecular flexibility index (Phi) is 4.62. The minimum absolute atomic E-state index is 0.0666. The standard InChI is InChI=1S/C13H20FN3O2S/c1-17-6-2-3-10(9-17)8-16-20(18,19)13-5-4-11(14)7-12(13)15/h4-5,7,10,16H,2-3,6,8-9,15H2,1H3. The summed E-state index contributed by atoms with van der Waals surface area (Å²) in [4.78, 5) is 2.12. The highest BCUT2D eigenvalue weighted by Crippen LogP contribution is 2.20. The van der Waals surface area contributed by atoms with Gasteiger partial charge < -0.3 is 10.6 Å². The molecule has 20 heavy (non-hydrogen) atoms. The van der Waals surface area contributed by atoms with Gasteiger partial charge in [-0.25, -0.2) is 17.5 Å². The fourth-order valence-electron chi connectivity index (χ4n) is 2.51. The van der Waals surface area contributed by atoms with Crippen molar-refractivity contribution in [3.8, 4) is 0 Å². The molecule has 1 saturated heterocycles. The number of likely N-dealkylation sites (tertiary alicyclic amines) is 1. The van der Waals surface area contributed by atoms with Gasteiger partial charge in [0.15, 0.2) is 0 Å². The van der Waals surface area contributed by atoms with Crippen LogP contribution in [0.25, 0.3) is 0 Å². The van der Waals surface area contributed by atoms with Crippen molar-refractivity contribution in [3.05, 3.63) is 24.0 Å². The highest BCUT2D eigenvalue weighted by molar-refractivity contribution is 7.89. The summed E-state index contributed by atoms with van der Waals surface area (Å²) in [6.07, 6.45) is 2.08. The lowest BCUT2D eigenvalue weighted by molar-refractivity contribution is 0.211. The molecule has 0 saturated carbocycles. The lowest BCUT2D eigenvalue weighted by atomic mass is 9.99. The van der Waals surface area contributed by atoms with Crippen LogP contribution in [-0.4, -0.2) is 40.0 Å². The highest BCUT2D eigenvalue weighted by Gasteiger charge is 2.22. The van der Waals surface area contributed by atoms with Gasteiger partial charge in [0.05, 0.1) is 5.69 Å². The molecule has 0 aliphatic carbocycles. The van der Waals surface area contributed by atoms with Gasteiger partial charge in [0, 0.05) is 13.1 Å². The van der Waals surface area contributed by atoms with Crippen molar-refractivity contribution in [2.45, 2.75) is 17.7 Å². The molecule has 0 spiro atoms. The van der Waals surface area contributed by atoms with E-state index in [0.717, 1.165) is 38.1 Å². The van der Waals surface area contributed by atoms with Crippen molar-refractivity contribution in [2.75, 3.05) is 32.4 Å². The maximum atomic E-state index is 13.0. The second-order valence-corrected chi connectivity index (χ2v) is 7.04. The van der Waals surface area contributed by atoms with Gasteiger partial charge in [-0.3, -0.25) is 0 Å². The molecule has 1 aliphatic rings. The normalized spacial score (nSPS) is 21.0. The van der Waals surface area contributed by atoms with E-state index in [1.54, 1.807) is 0 Å². The molecule has 1 aromatic carbocycles. The molecule has 0 bridgehead atoms. The van der Waals surface area contributed by atoms with Crippen molar-refractivity contribution in [1.82, 2.24) is 9.62 Å². The topological polar surface area (TPSA) is 75.4 Å². The van der Waals surface area contributed by atoms with Crippen LogP contribution in [0.5, 0.6) is 0 Å². The van der Waals surface area contributed by atoms with E-state index in [4.69, 9.17) is 5.73 Å². The average molecular weight is 301 g/mol. The molecule has 7 heteroatoms. The summed E-state index contributed by atoms with van der Waals surface area (Å²) in [6.45, 7) is 2.30. The Morgan fingerprint density at radius 3 is 2.90 bits per heavy atom. The van der Waals surface area contributed by atoms with E-state index in [-0.39, 0.29) is 10.6 Å². The molecule has 2 rings (SSSR count). The number of piperidine rings is 1. The summed E-state index contributed by atoms with van der Waals surface area (Å²) >= 11 is 0. The summed E-state index contributed by atoms with van der Waals surface area (Å²) in [7, 11) is -1.66. The molecule has 1 aliphatic heterocycles. The third kappa shape index (κ3) is 3.68. The van der Waals surface area contributed by atoms with Crippen LogP contribution in [0.4, 0.5) is 10.1 Å². The van der Waals surface area contributed by atoms with Crippen molar-refractivity contribution in [2.24, 2.45) is 5.92 Å². The van der Waals surface area contributed by atoms with Crippen LogP contribution in [0.3, 0.4) is 0 Å². The summed E-state index contributed by atoms with van der Waals surface area (Å²) in [6, 6.07) is 3.31. The van der Waals surface area contributed by atoms with E-state index in [9.17, 15) is 12.8 Å². The lowest BCUT2D eigenvalue weighted by Crippen LogP contribution is -2.39. The zero-order chi connectivity index (χ0) is 14.8. The Morgan fingerprint density at radius 1 is 1.50 bits per heavy atom. The quantitative estimate of drug-likeness (QED) is 0.815. The smallest absolute Gasteiger partial charge is 0.242 e. The number of nitrogens with zero attached hydrogens (tertiary/aromatic N) is 1. The van der Waals surface area contributed by atoms with E-state index in [1.807, 2.05) is 7.05 Å². The number of hydrogen-bond donors (Lipinski definition) is 2. The van der Waals surface area contributed by atoms with Gasteiger partial charge in [-0.2, -0.15) is 0 Å². The first kappa shape index (κ1) is 15.2. The molecule has 112 valence electrons. The molecule has 3 N–H and O–H groups in total. The van der Waals surface area contributed by atoms with Crippen LogP contribution < -0.4 is 10.5 Å². The van der Waals surface area contributed by atoms with Crippen LogP contribution in [0.1, 0.15) is 12.8 Å². The predicted molar refractivity (Wildman–Crippen MR) is 76.2 cm³/mol. The van der Waals surface area contributed by atoms with Crippen molar-refractivity contribution < 1.29 is 12.8 Å². The Labute approximate surface area is 119 Å². The van der Waals surface area contributed by atoms with Crippen LogP contribution in [-0.2, 0) is 10.0 Å². The first-order chi connectivity index (χ1) is 9.38. The minimum Gasteiger partial charge on any atom is -0.398 e. The van der Waals surface area contributed by atoms with E-state index in [2.05, 4.69) is 9.62 Å². The molecule has 5 nitrogen and oxygen atoms in total. The molecular formula is C13H20FN3O2S. The highest BCUT2D eigenvalue weighted by atomic mass is 32.2. The fourth-order valence-corrected chi connectivity index (χ4v) is 3.74. The van der Waals surface area contributed by atoms with Gasteiger partial charge >= 0.3 is 0 Å². The van der Waals surface area contributed by atoms with Crippen LogP contribution in [0.2, 0.25) is 0 Å². The molecular weight excluding hydrogens is 281 g/mol. The summed E-state index contributed by atoms with van der Waals surface area (Å²) in [5, 5.41) is 0. The molecule has 1 aromatic rings. The van der Waals surface area contributed by atoms with Crippen LogP contribution in [0, 0.1) is 11.7 Å². The lowest BCUT2D eigenvalue weighted by Gasteiger charge is -2.29. The second-order valence-electron chi connectivity index (χ2n) is 5.30. The van der Waals surface area contributed by atoms with Crippen LogP contribution >= 0.6 is 0 Å². The Bertz CT molecular complexity index is 577. The Morgan fingerprint density at radius 2 is 2.25 bits per heavy atom. The molecule has 0 radical (unpaired) electrons. The molecule has 1 unspecified atom stereocenters. The number of nitrogen functional groups attached to an aromatic ring is 1. The average Bonchev–Trinajstić information content (AvgIpc) is 2.36. The number of halogens is 1. The predicted octanol–water partition coefficient (Wildman–Crippen LogP) is 1.03. The molecule has 0 aromatic heterocycles. The zero-order valence-corrected chi connectivity index (χ0v) is 12.3. The van der Waals surface area contributed by atoms with Crippen molar-refractivity contribution >= 4 is 15.7 Å². The number of rotatable bonds is 4. The summed E-state index contributed by atoms with van der Waals surface area (Å²) < 4.78 is 39.8. The zero-order valence-electron chi connectivity index (χ0n) is 11.5. The van der Waals surface area contributed by atoms with E-state index < -0.39 is 15.8 Å². The van der Waals surface area contributed by atoms with E-state index in [1.165, 1.54) is 6.07 Å². The number of nitrogens with one attached hydrogen (secondary N) is 1. The minimum atomic E-state index is -3.68. The van der Waals surface area contributed by atoms with Crippen molar-refractivity contribution in [3.63, 3.8) is 0 Å². The number of hydrogen-bond acceptors (Lipinski definition) is 4. The first-order valence-electron chi connectivity index (χ1n) is 6.62. The summed E-state index contributed by atoms with van der Waals surface area (Å²) in [5.74, 6) is -0.249. The fraction of sp³-hybridized carbons (Fsp3) is 0.538. The summed E-state index contributed by atoms with van der Waals surface area (Å²) in [5.41, 5.74) is 5.50. The second kappa shape index (κ2) is 6.07. The first-order valence-corrected chi connectivity index (χ1v) is 8.10. The molecule has 0 amide bonds. The third-order valence-electron chi connectivity index (χ3n) is 3.55. The number of sulfonamides is 1. The van der Waals surface area contributed by atoms with Crippen LogP contribution in [0.15, 0.2) is 23.1 Å². The van der Waals surface area contributed by atoms with Crippen molar-refractivity contribution in [1.29, 1.82) is 0 Å². The maximum Gasteiger partial charge on any atom is 0.242 e. The number of anilines is 1. The molecule has 1 atom stereocenters. The third-order valence-corrected chi connectivity index (χ3v) is 5.04. The number of benzene rings is 1. The van der Waals surface area contributed by atoms with E-state index >= 15 is 0 Å². The van der Waals surface area contributed by atoms with Gasteiger partial charge in [0.2, 0.25) is 10.0 Å². The molecule has 1 fully saturated rings. The Balaban J connectivity index is 2.03. The monoisotopic (exact) mass is 301 g/mol. The molecule has 1 heterocycles. The van der Waals surface area contributed by atoms with Gasteiger partial charge in [-0.05, 0) is 50.6 Å². The maximum absolute atomic E-state index is 13.0. The van der Waals surface area contributed by atoms with Gasteiger partial charge in [0.25, 0.3) is 0 Å². The van der Waals surface area contributed by atoms with E-state index in [0.29, 0.717) is 12.5 Å². The SMILES string of the molecule is CN1CCCC(CNS(=O)(=O)c2ccc(F)cc2N)C1. The number of nitrogens with two attached hydrogens (primary N) is 1. The van der Waals surface area contributed by atoms with Gasteiger partial charge in [-0.1, -0.05) is 0 Å². The van der Waals surface area contributed by atoms with Gasteiger partial charge in [0.1, 0.15) is 10.7 Å². The Hall–Kier alpha value is -1.18.